The number of hydrogen-bond acceptors (Lipinski definition) is 2. The number of thioether (sulfide) groups is 1. The minimum atomic E-state index is 1.31. The third-order valence-electron chi connectivity index (χ3n) is 0.670. The van der Waals surface area contributed by atoms with Gasteiger partial charge in [-0.15, -0.1) is 11.8 Å². The van der Waals surface area contributed by atoms with Crippen LogP contribution in [0.5, 0.6) is 0 Å². The van der Waals surface area contributed by atoms with E-state index in [1.807, 2.05) is 13.2 Å². The smallest absolute Gasteiger partial charge is 0.00552 e. The summed E-state index contributed by atoms with van der Waals surface area (Å²) >= 11 is 1.75. The number of hydrogen-bond donors (Lipinski definition) is 1. The molecule has 0 saturated heterocycles. The molecule has 0 amide bonds. The first-order valence-corrected chi connectivity index (χ1v) is 3.41. The fourth-order valence-corrected chi connectivity index (χ4v) is 0.498. The first kappa shape index (κ1) is 6.89. The molecule has 0 aliphatic heterocycles. The highest BCUT2D eigenvalue weighted by molar-refractivity contribution is 8.02. The van der Waals surface area contributed by atoms with E-state index in [4.69, 9.17) is 0 Å². The van der Waals surface area contributed by atoms with E-state index in [-0.39, 0.29) is 0 Å². The molecule has 1 nitrogen and oxygen atoms in total. The summed E-state index contributed by atoms with van der Waals surface area (Å²) in [7, 11) is 1.90. The Morgan fingerprint density at radius 1 is 1.71 bits per heavy atom. The lowest BCUT2D eigenvalue weighted by atomic mass is 10.7. The number of rotatable bonds is 2. The SMILES string of the molecule is CN/C=C(\C)SC. The Morgan fingerprint density at radius 3 is 2.43 bits per heavy atom. The van der Waals surface area contributed by atoms with Crippen LogP contribution in [0.15, 0.2) is 11.1 Å². The standard InChI is InChI=1S/C5H11NS/c1-5(7-3)4-6-2/h4,6H,1-3H3/b5-4+. The van der Waals surface area contributed by atoms with Crippen LogP contribution in [-0.2, 0) is 0 Å². The highest BCUT2D eigenvalue weighted by atomic mass is 32.2. The van der Waals surface area contributed by atoms with E-state index < -0.39 is 0 Å². The zero-order chi connectivity index (χ0) is 5.70. The van der Waals surface area contributed by atoms with Crippen molar-refractivity contribution in [2.24, 2.45) is 0 Å². The molecule has 0 aliphatic rings. The highest BCUT2D eigenvalue weighted by Gasteiger charge is 1.76. The van der Waals surface area contributed by atoms with Crippen molar-refractivity contribution in [3.05, 3.63) is 11.1 Å². The van der Waals surface area contributed by atoms with Crippen LogP contribution in [-0.4, -0.2) is 13.3 Å². The molecule has 0 radical (unpaired) electrons. The maximum atomic E-state index is 2.94. The van der Waals surface area contributed by atoms with Gasteiger partial charge in [0.25, 0.3) is 0 Å². The first-order valence-electron chi connectivity index (χ1n) is 2.19. The van der Waals surface area contributed by atoms with E-state index in [9.17, 15) is 0 Å². The molecule has 0 rings (SSSR count). The number of allylic oxidation sites excluding steroid dienone is 1. The average molecular weight is 117 g/mol. The van der Waals surface area contributed by atoms with Crippen LogP contribution in [0.4, 0.5) is 0 Å². The van der Waals surface area contributed by atoms with Gasteiger partial charge in [-0.1, -0.05) is 0 Å². The van der Waals surface area contributed by atoms with Crippen LogP contribution in [0.25, 0.3) is 0 Å². The van der Waals surface area contributed by atoms with Gasteiger partial charge in [0, 0.05) is 13.2 Å². The normalized spacial score (nSPS) is 11.6. The lowest BCUT2D eigenvalue weighted by Gasteiger charge is -1.90. The van der Waals surface area contributed by atoms with Gasteiger partial charge < -0.3 is 5.32 Å². The van der Waals surface area contributed by atoms with E-state index >= 15 is 0 Å². The van der Waals surface area contributed by atoms with Crippen LogP contribution in [0.2, 0.25) is 0 Å². The van der Waals surface area contributed by atoms with Crippen molar-refractivity contribution in [1.29, 1.82) is 0 Å². The van der Waals surface area contributed by atoms with Crippen molar-refractivity contribution < 1.29 is 0 Å². The van der Waals surface area contributed by atoms with Gasteiger partial charge in [-0.05, 0) is 18.1 Å². The molecule has 42 valence electrons. The van der Waals surface area contributed by atoms with Gasteiger partial charge in [0.05, 0.1) is 0 Å². The van der Waals surface area contributed by atoms with Gasteiger partial charge >= 0.3 is 0 Å². The minimum absolute atomic E-state index is 1.31. The zero-order valence-electron chi connectivity index (χ0n) is 4.99. The Labute approximate surface area is 49.2 Å². The molecule has 1 N–H and O–H groups in total. The van der Waals surface area contributed by atoms with Gasteiger partial charge in [0.15, 0.2) is 0 Å². The summed E-state index contributed by atoms with van der Waals surface area (Å²) < 4.78 is 0. The van der Waals surface area contributed by atoms with Crippen LogP contribution >= 0.6 is 11.8 Å². The highest BCUT2D eigenvalue weighted by Crippen LogP contribution is 2.06. The van der Waals surface area contributed by atoms with E-state index in [0.29, 0.717) is 0 Å². The van der Waals surface area contributed by atoms with Gasteiger partial charge in [-0.3, -0.25) is 0 Å². The summed E-state index contributed by atoms with van der Waals surface area (Å²) in [4.78, 5) is 1.31. The molecule has 0 aromatic heterocycles. The van der Waals surface area contributed by atoms with E-state index in [2.05, 4.69) is 18.5 Å². The topological polar surface area (TPSA) is 12.0 Å². The maximum Gasteiger partial charge on any atom is 0.00552 e. The molecule has 0 saturated carbocycles. The quantitative estimate of drug-likeness (QED) is 0.587. The minimum Gasteiger partial charge on any atom is -0.393 e. The van der Waals surface area contributed by atoms with Crippen molar-refractivity contribution in [3.63, 3.8) is 0 Å². The third-order valence-corrected chi connectivity index (χ3v) is 1.43. The molecule has 0 aromatic carbocycles. The maximum absolute atomic E-state index is 2.94. The molecule has 0 aromatic rings. The third kappa shape index (κ3) is 3.73. The van der Waals surface area contributed by atoms with Crippen molar-refractivity contribution >= 4 is 11.8 Å². The van der Waals surface area contributed by atoms with Gasteiger partial charge in [0.2, 0.25) is 0 Å². The van der Waals surface area contributed by atoms with Crippen LogP contribution in [0.3, 0.4) is 0 Å². The van der Waals surface area contributed by atoms with Crippen LogP contribution in [0, 0.1) is 0 Å². The molecule has 0 atom stereocenters. The second kappa shape index (κ2) is 4.06. The molecule has 0 aliphatic carbocycles. The molecular weight excluding hydrogens is 106 g/mol. The fourth-order valence-electron chi connectivity index (χ4n) is 0.262. The molecular formula is C5H11NS. The van der Waals surface area contributed by atoms with Crippen molar-refractivity contribution in [2.45, 2.75) is 6.92 Å². The van der Waals surface area contributed by atoms with Crippen LogP contribution in [0.1, 0.15) is 6.92 Å². The van der Waals surface area contributed by atoms with Crippen molar-refractivity contribution in [2.75, 3.05) is 13.3 Å². The lowest BCUT2D eigenvalue weighted by molar-refractivity contribution is 1.09. The molecule has 2 heteroatoms. The molecule has 0 unspecified atom stereocenters. The lowest BCUT2D eigenvalue weighted by Crippen LogP contribution is -1.91. The molecule has 0 spiro atoms. The molecule has 0 heterocycles. The Hall–Kier alpha value is -0.110. The van der Waals surface area contributed by atoms with Gasteiger partial charge in [-0.25, -0.2) is 0 Å². The largest absolute Gasteiger partial charge is 0.393 e. The monoisotopic (exact) mass is 117 g/mol. The summed E-state index contributed by atoms with van der Waals surface area (Å²) in [5.41, 5.74) is 0. The Morgan fingerprint density at radius 2 is 2.29 bits per heavy atom. The Bertz CT molecular complexity index is 68.5. The van der Waals surface area contributed by atoms with E-state index in [1.165, 1.54) is 4.91 Å². The second-order valence-electron chi connectivity index (χ2n) is 1.25. The fraction of sp³-hybridized carbons (Fsp3) is 0.600. The predicted molar refractivity (Wildman–Crippen MR) is 36.3 cm³/mol. The van der Waals surface area contributed by atoms with Gasteiger partial charge in [0.1, 0.15) is 0 Å². The zero-order valence-corrected chi connectivity index (χ0v) is 5.80. The predicted octanol–water partition coefficient (Wildman–Crippen LogP) is 1.43. The summed E-state index contributed by atoms with van der Waals surface area (Å²) in [6.07, 6.45) is 4.04. The summed E-state index contributed by atoms with van der Waals surface area (Å²) in [6, 6.07) is 0. The Balaban J connectivity index is 3.29. The summed E-state index contributed by atoms with van der Waals surface area (Å²) in [5, 5.41) is 2.94. The van der Waals surface area contributed by atoms with Crippen LogP contribution < -0.4 is 5.32 Å². The first-order chi connectivity index (χ1) is 3.31. The molecule has 7 heavy (non-hydrogen) atoms. The number of nitrogens with one attached hydrogen (secondary N) is 1. The molecule has 0 bridgehead atoms. The molecule has 0 fully saturated rings. The van der Waals surface area contributed by atoms with Crippen molar-refractivity contribution in [1.82, 2.24) is 5.32 Å². The second-order valence-corrected chi connectivity index (χ2v) is 2.30. The summed E-state index contributed by atoms with van der Waals surface area (Å²) in [5.74, 6) is 0. The van der Waals surface area contributed by atoms with E-state index in [1.54, 1.807) is 11.8 Å². The van der Waals surface area contributed by atoms with Gasteiger partial charge in [-0.2, -0.15) is 0 Å². The summed E-state index contributed by atoms with van der Waals surface area (Å²) in [6.45, 7) is 2.07. The van der Waals surface area contributed by atoms with Crippen molar-refractivity contribution in [3.8, 4) is 0 Å². The van der Waals surface area contributed by atoms with E-state index in [0.717, 1.165) is 0 Å². The average Bonchev–Trinajstić information content (AvgIpc) is 1.68. The Kier molecular flexibility index (Phi) is 4.00.